The second kappa shape index (κ2) is 7.79. The number of amides is 1. The lowest BCUT2D eigenvalue weighted by Gasteiger charge is -2.12. The van der Waals surface area contributed by atoms with Gasteiger partial charge in [0, 0.05) is 23.7 Å². The highest BCUT2D eigenvalue weighted by Gasteiger charge is 2.29. The molecule has 8 nitrogen and oxygen atoms in total. The van der Waals surface area contributed by atoms with E-state index in [0.717, 1.165) is 12.8 Å². The summed E-state index contributed by atoms with van der Waals surface area (Å²) in [5.74, 6) is -0.485. The summed E-state index contributed by atoms with van der Waals surface area (Å²) in [6.45, 7) is 1.52. The quantitative estimate of drug-likeness (QED) is 0.438. The third-order valence-electron chi connectivity index (χ3n) is 4.29. The van der Waals surface area contributed by atoms with Crippen LogP contribution in [0.5, 0.6) is 0 Å². The molecule has 1 heterocycles. The Morgan fingerprint density at radius 1 is 1.37 bits per heavy atom. The summed E-state index contributed by atoms with van der Waals surface area (Å²) in [5.41, 5.74) is 0.249. The average molecular weight is 393 g/mol. The molecule has 9 heteroatoms. The van der Waals surface area contributed by atoms with Gasteiger partial charge in [-0.2, -0.15) is 0 Å². The molecule has 1 aliphatic carbocycles. The Kier molecular flexibility index (Phi) is 5.46. The van der Waals surface area contributed by atoms with Crippen molar-refractivity contribution in [1.82, 2.24) is 5.32 Å². The Hall–Kier alpha value is -2.87. The number of nitrogens with zero attached hydrogens (tertiary/aromatic N) is 1. The van der Waals surface area contributed by atoms with Crippen molar-refractivity contribution in [2.45, 2.75) is 25.8 Å². The summed E-state index contributed by atoms with van der Waals surface area (Å²) in [6.07, 6.45) is 2.20. The lowest BCUT2D eigenvalue weighted by molar-refractivity contribution is -0.384. The molecule has 1 atom stereocenters. The first-order chi connectivity index (χ1) is 12.8. The van der Waals surface area contributed by atoms with Crippen molar-refractivity contribution in [2.24, 2.45) is 5.92 Å². The molecule has 1 aromatic heterocycles. The third kappa shape index (κ3) is 4.65. The first kappa shape index (κ1) is 18.9. The largest absolute Gasteiger partial charge is 0.450 e. The fourth-order valence-electron chi connectivity index (χ4n) is 2.62. The van der Waals surface area contributed by atoms with Gasteiger partial charge in [-0.3, -0.25) is 14.9 Å². The van der Waals surface area contributed by atoms with Crippen LogP contribution >= 0.6 is 11.6 Å². The van der Waals surface area contributed by atoms with E-state index in [-0.39, 0.29) is 34.2 Å². The third-order valence-corrected chi connectivity index (χ3v) is 4.60. The van der Waals surface area contributed by atoms with Crippen molar-refractivity contribution in [2.75, 3.05) is 6.61 Å². The predicted molar refractivity (Wildman–Crippen MR) is 96.4 cm³/mol. The number of benzene rings is 1. The van der Waals surface area contributed by atoms with Gasteiger partial charge in [0.15, 0.2) is 6.61 Å². The molecule has 1 aliphatic rings. The van der Waals surface area contributed by atoms with Crippen LogP contribution in [-0.2, 0) is 9.53 Å². The van der Waals surface area contributed by atoms with E-state index in [0.29, 0.717) is 11.5 Å². The van der Waals surface area contributed by atoms with E-state index < -0.39 is 17.5 Å². The van der Waals surface area contributed by atoms with Crippen molar-refractivity contribution in [3.05, 3.63) is 51.2 Å². The minimum atomic E-state index is -0.784. The molecular weight excluding hydrogens is 376 g/mol. The number of ether oxygens (including phenoxy) is 1. The molecule has 0 spiro atoms. The Balaban J connectivity index is 1.60. The molecule has 3 rings (SSSR count). The topological polar surface area (TPSA) is 112 Å². The number of nitrogens with one attached hydrogen (secondary N) is 1. The molecule has 1 fully saturated rings. The standard InChI is InChI=1S/C18H17ClN2O6/c1-10(11-2-3-11)20-17(22)9-26-18(23)16-7-6-15(27-16)13-5-4-12(21(24)25)8-14(13)19/h4-8,10-11H,2-3,9H2,1H3,(H,20,22)/t10-/m0/s1. The minimum absolute atomic E-state index is 0.0655. The number of nitro benzene ring substituents is 1. The van der Waals surface area contributed by atoms with Gasteiger partial charge in [-0.15, -0.1) is 0 Å². The SMILES string of the molecule is C[C@H](NC(=O)COC(=O)c1ccc(-c2ccc([N+](=O)[O-])cc2Cl)o1)C1CC1. The van der Waals surface area contributed by atoms with Gasteiger partial charge in [-0.1, -0.05) is 11.6 Å². The van der Waals surface area contributed by atoms with Crippen molar-refractivity contribution in [3.8, 4) is 11.3 Å². The van der Waals surface area contributed by atoms with Gasteiger partial charge in [0.1, 0.15) is 5.76 Å². The molecule has 1 amide bonds. The van der Waals surface area contributed by atoms with Gasteiger partial charge in [0.25, 0.3) is 11.6 Å². The lowest BCUT2D eigenvalue weighted by Crippen LogP contribution is -2.37. The zero-order chi connectivity index (χ0) is 19.6. The smallest absolute Gasteiger partial charge is 0.374 e. The second-order valence-electron chi connectivity index (χ2n) is 6.35. The van der Waals surface area contributed by atoms with E-state index >= 15 is 0 Å². The van der Waals surface area contributed by atoms with Crippen LogP contribution in [0.25, 0.3) is 11.3 Å². The number of hydrogen-bond acceptors (Lipinski definition) is 6. The van der Waals surface area contributed by atoms with E-state index in [1.54, 1.807) is 0 Å². The Morgan fingerprint density at radius 2 is 2.11 bits per heavy atom. The summed E-state index contributed by atoms with van der Waals surface area (Å²) in [5, 5.41) is 13.7. The Morgan fingerprint density at radius 3 is 2.74 bits per heavy atom. The number of rotatable bonds is 7. The Labute approximate surface area is 159 Å². The number of halogens is 1. The van der Waals surface area contributed by atoms with Crippen molar-refractivity contribution in [3.63, 3.8) is 0 Å². The maximum atomic E-state index is 12.0. The summed E-state index contributed by atoms with van der Waals surface area (Å²) in [7, 11) is 0. The molecule has 27 heavy (non-hydrogen) atoms. The molecule has 142 valence electrons. The Bertz CT molecular complexity index is 890. The highest BCUT2D eigenvalue weighted by Crippen LogP contribution is 2.33. The fraction of sp³-hybridized carbons (Fsp3) is 0.333. The summed E-state index contributed by atoms with van der Waals surface area (Å²) in [4.78, 5) is 34.0. The number of non-ortho nitro benzene ring substituents is 1. The first-order valence-electron chi connectivity index (χ1n) is 8.36. The van der Waals surface area contributed by atoms with Crippen molar-refractivity contribution < 1.29 is 23.7 Å². The van der Waals surface area contributed by atoms with Gasteiger partial charge >= 0.3 is 5.97 Å². The zero-order valence-corrected chi connectivity index (χ0v) is 15.2. The van der Waals surface area contributed by atoms with Gasteiger partial charge < -0.3 is 14.5 Å². The van der Waals surface area contributed by atoms with Crippen molar-refractivity contribution >= 4 is 29.2 Å². The second-order valence-corrected chi connectivity index (χ2v) is 6.76. The van der Waals surface area contributed by atoms with Crippen LogP contribution in [0.3, 0.4) is 0 Å². The van der Waals surface area contributed by atoms with Gasteiger partial charge in [0.05, 0.1) is 9.95 Å². The number of esters is 1. The van der Waals surface area contributed by atoms with Crippen LogP contribution in [0.2, 0.25) is 5.02 Å². The molecule has 1 saturated carbocycles. The van der Waals surface area contributed by atoms with Crippen LogP contribution < -0.4 is 5.32 Å². The van der Waals surface area contributed by atoms with Crippen LogP contribution in [0, 0.1) is 16.0 Å². The van der Waals surface area contributed by atoms with Crippen LogP contribution in [-0.4, -0.2) is 29.4 Å². The summed E-state index contributed by atoms with van der Waals surface area (Å²) < 4.78 is 10.4. The fourth-order valence-corrected chi connectivity index (χ4v) is 2.89. The molecular formula is C18H17ClN2O6. The highest BCUT2D eigenvalue weighted by molar-refractivity contribution is 6.33. The molecule has 0 unspecified atom stereocenters. The number of carbonyl (C=O) groups is 2. The first-order valence-corrected chi connectivity index (χ1v) is 8.73. The van der Waals surface area contributed by atoms with Crippen LogP contribution in [0.15, 0.2) is 34.7 Å². The molecule has 1 N–H and O–H groups in total. The van der Waals surface area contributed by atoms with Crippen LogP contribution in [0.1, 0.15) is 30.3 Å². The number of furan rings is 1. The lowest BCUT2D eigenvalue weighted by atomic mass is 10.1. The molecule has 0 bridgehead atoms. The molecule has 0 radical (unpaired) electrons. The minimum Gasteiger partial charge on any atom is -0.450 e. The highest BCUT2D eigenvalue weighted by atomic mass is 35.5. The van der Waals surface area contributed by atoms with E-state index in [1.807, 2.05) is 6.92 Å². The molecule has 0 aliphatic heterocycles. The van der Waals surface area contributed by atoms with E-state index in [9.17, 15) is 19.7 Å². The summed E-state index contributed by atoms with van der Waals surface area (Å²) in [6, 6.07) is 6.87. The molecule has 1 aromatic carbocycles. The predicted octanol–water partition coefficient (Wildman–Crippen LogP) is 3.58. The average Bonchev–Trinajstić information content (AvgIpc) is 3.37. The number of nitro groups is 1. The van der Waals surface area contributed by atoms with Crippen LogP contribution in [0.4, 0.5) is 5.69 Å². The monoisotopic (exact) mass is 392 g/mol. The van der Waals surface area contributed by atoms with Gasteiger partial charge in [-0.25, -0.2) is 4.79 Å². The zero-order valence-electron chi connectivity index (χ0n) is 14.4. The maximum absolute atomic E-state index is 12.0. The van der Waals surface area contributed by atoms with Gasteiger partial charge in [-0.05, 0) is 43.9 Å². The molecule has 0 saturated heterocycles. The van der Waals surface area contributed by atoms with E-state index in [4.69, 9.17) is 20.8 Å². The van der Waals surface area contributed by atoms with Crippen molar-refractivity contribution in [1.29, 1.82) is 0 Å². The number of carbonyl (C=O) groups excluding carboxylic acids is 2. The van der Waals surface area contributed by atoms with Gasteiger partial charge in [0.2, 0.25) is 5.76 Å². The van der Waals surface area contributed by atoms with E-state index in [2.05, 4.69) is 5.32 Å². The summed E-state index contributed by atoms with van der Waals surface area (Å²) >= 11 is 6.05. The maximum Gasteiger partial charge on any atom is 0.374 e. The van der Waals surface area contributed by atoms with E-state index in [1.165, 1.54) is 30.3 Å². The molecule has 2 aromatic rings. The normalized spacial score (nSPS) is 14.4. The number of hydrogen-bond donors (Lipinski definition) is 1.